The molecule has 0 saturated heterocycles. The average Bonchev–Trinajstić information content (AvgIpc) is 3.04. The number of amides is 2. The molecule has 0 radical (unpaired) electrons. The standard InChI is InChI=1S/C13H18N6O2/c1-5-19-11(13(21)17(2)3)10(8-14-19)15-12(20)9-6-7-18(4)16-9/h6-8H,5H2,1-4H3,(H,15,20). The van der Waals surface area contributed by atoms with Crippen LogP contribution in [0.4, 0.5) is 5.69 Å². The Balaban J connectivity index is 2.30. The van der Waals surface area contributed by atoms with Crippen molar-refractivity contribution >= 4 is 17.5 Å². The van der Waals surface area contributed by atoms with Crippen LogP contribution in [-0.4, -0.2) is 50.4 Å². The molecule has 2 aromatic heterocycles. The number of hydrogen-bond acceptors (Lipinski definition) is 4. The van der Waals surface area contributed by atoms with E-state index in [1.165, 1.54) is 15.8 Å². The third-order valence-electron chi connectivity index (χ3n) is 2.94. The molecule has 8 heteroatoms. The second-order valence-electron chi connectivity index (χ2n) is 4.75. The van der Waals surface area contributed by atoms with Crippen LogP contribution in [0.1, 0.15) is 27.9 Å². The number of hydrogen-bond donors (Lipinski definition) is 1. The van der Waals surface area contributed by atoms with E-state index in [2.05, 4.69) is 15.5 Å². The zero-order valence-electron chi connectivity index (χ0n) is 12.5. The third-order valence-corrected chi connectivity index (χ3v) is 2.94. The van der Waals surface area contributed by atoms with Crippen molar-refractivity contribution in [1.29, 1.82) is 0 Å². The predicted octanol–water partition coefficient (Wildman–Crippen LogP) is 0.591. The maximum atomic E-state index is 12.2. The molecule has 0 bridgehead atoms. The molecule has 0 fully saturated rings. The van der Waals surface area contributed by atoms with Gasteiger partial charge < -0.3 is 10.2 Å². The molecule has 2 amide bonds. The maximum Gasteiger partial charge on any atom is 0.276 e. The summed E-state index contributed by atoms with van der Waals surface area (Å²) in [6.07, 6.45) is 3.15. The van der Waals surface area contributed by atoms with Gasteiger partial charge in [-0.05, 0) is 13.0 Å². The highest BCUT2D eigenvalue weighted by atomic mass is 16.2. The van der Waals surface area contributed by atoms with Gasteiger partial charge in [0.2, 0.25) is 0 Å². The Bertz CT molecular complexity index is 670. The Labute approximate surface area is 122 Å². The molecule has 0 unspecified atom stereocenters. The van der Waals surface area contributed by atoms with Gasteiger partial charge in [-0.25, -0.2) is 0 Å². The van der Waals surface area contributed by atoms with Crippen molar-refractivity contribution in [3.8, 4) is 0 Å². The van der Waals surface area contributed by atoms with Crippen LogP contribution in [-0.2, 0) is 13.6 Å². The topological polar surface area (TPSA) is 85.0 Å². The first kappa shape index (κ1) is 14.8. The number of nitrogens with one attached hydrogen (secondary N) is 1. The molecule has 1 N–H and O–H groups in total. The van der Waals surface area contributed by atoms with Crippen molar-refractivity contribution in [2.24, 2.45) is 7.05 Å². The number of aryl methyl sites for hydroxylation is 2. The molecule has 0 aliphatic heterocycles. The largest absolute Gasteiger partial charge is 0.343 e. The summed E-state index contributed by atoms with van der Waals surface area (Å²) in [6, 6.07) is 1.60. The predicted molar refractivity (Wildman–Crippen MR) is 77.1 cm³/mol. The summed E-state index contributed by atoms with van der Waals surface area (Å²) in [5, 5.41) is 10.8. The van der Waals surface area contributed by atoms with Crippen LogP contribution in [0.5, 0.6) is 0 Å². The molecule has 21 heavy (non-hydrogen) atoms. The SMILES string of the molecule is CCn1ncc(NC(=O)c2ccn(C)n2)c1C(=O)N(C)C. The molecule has 8 nitrogen and oxygen atoms in total. The lowest BCUT2D eigenvalue weighted by Crippen LogP contribution is -2.26. The van der Waals surface area contributed by atoms with Gasteiger partial charge in [-0.3, -0.25) is 19.0 Å². The molecule has 2 aromatic rings. The van der Waals surface area contributed by atoms with Gasteiger partial charge in [0.25, 0.3) is 11.8 Å². The number of nitrogens with zero attached hydrogens (tertiary/aromatic N) is 5. The minimum atomic E-state index is -0.376. The minimum absolute atomic E-state index is 0.217. The van der Waals surface area contributed by atoms with Crippen LogP contribution in [0.15, 0.2) is 18.5 Å². The van der Waals surface area contributed by atoms with E-state index in [9.17, 15) is 9.59 Å². The van der Waals surface area contributed by atoms with Crippen molar-refractivity contribution < 1.29 is 9.59 Å². The second-order valence-corrected chi connectivity index (χ2v) is 4.75. The Morgan fingerprint density at radius 2 is 2.10 bits per heavy atom. The summed E-state index contributed by atoms with van der Waals surface area (Å²) in [5.41, 5.74) is 1.02. The van der Waals surface area contributed by atoms with Gasteiger partial charge in [-0.15, -0.1) is 0 Å². The van der Waals surface area contributed by atoms with Crippen LogP contribution >= 0.6 is 0 Å². The van der Waals surface area contributed by atoms with Crippen molar-refractivity contribution in [3.63, 3.8) is 0 Å². The Kier molecular flexibility index (Phi) is 4.06. The van der Waals surface area contributed by atoms with Crippen LogP contribution in [0.3, 0.4) is 0 Å². The van der Waals surface area contributed by atoms with Gasteiger partial charge in [0.15, 0.2) is 5.69 Å². The third kappa shape index (κ3) is 2.93. The van der Waals surface area contributed by atoms with Gasteiger partial charge in [-0.2, -0.15) is 10.2 Å². The van der Waals surface area contributed by atoms with E-state index in [4.69, 9.17) is 0 Å². The Hall–Kier alpha value is -2.64. The lowest BCUT2D eigenvalue weighted by molar-refractivity contribution is 0.0816. The van der Waals surface area contributed by atoms with E-state index < -0.39 is 0 Å². The smallest absolute Gasteiger partial charge is 0.276 e. The number of anilines is 1. The fourth-order valence-corrected chi connectivity index (χ4v) is 1.88. The normalized spacial score (nSPS) is 10.5. The summed E-state index contributed by atoms with van der Waals surface area (Å²) in [7, 11) is 5.03. The van der Waals surface area contributed by atoms with Gasteiger partial charge in [0.1, 0.15) is 5.69 Å². The van der Waals surface area contributed by atoms with E-state index in [1.54, 1.807) is 38.1 Å². The van der Waals surface area contributed by atoms with Crippen molar-refractivity contribution in [2.75, 3.05) is 19.4 Å². The number of rotatable bonds is 4. The van der Waals surface area contributed by atoms with E-state index in [-0.39, 0.29) is 17.5 Å². The average molecular weight is 290 g/mol. The van der Waals surface area contributed by atoms with E-state index in [1.807, 2.05) is 6.92 Å². The fourth-order valence-electron chi connectivity index (χ4n) is 1.88. The van der Waals surface area contributed by atoms with Crippen molar-refractivity contribution in [2.45, 2.75) is 13.5 Å². The highest BCUT2D eigenvalue weighted by molar-refractivity contribution is 6.07. The molecular formula is C13H18N6O2. The molecule has 0 aromatic carbocycles. The number of carbonyl (C=O) groups excluding carboxylic acids is 2. The quantitative estimate of drug-likeness (QED) is 0.893. The van der Waals surface area contributed by atoms with Gasteiger partial charge >= 0.3 is 0 Å². The maximum absolute atomic E-state index is 12.2. The second kappa shape index (κ2) is 5.78. The van der Waals surface area contributed by atoms with Crippen molar-refractivity contribution in [3.05, 3.63) is 29.8 Å². The monoisotopic (exact) mass is 290 g/mol. The Morgan fingerprint density at radius 1 is 1.38 bits per heavy atom. The van der Waals surface area contributed by atoms with Gasteiger partial charge in [0.05, 0.1) is 11.9 Å². The zero-order chi connectivity index (χ0) is 15.6. The minimum Gasteiger partial charge on any atom is -0.343 e. The molecule has 2 heterocycles. The van der Waals surface area contributed by atoms with Crippen LogP contribution in [0, 0.1) is 0 Å². The van der Waals surface area contributed by atoms with Gasteiger partial charge in [-0.1, -0.05) is 0 Å². The molecule has 0 spiro atoms. The molecular weight excluding hydrogens is 272 g/mol. The van der Waals surface area contributed by atoms with Crippen molar-refractivity contribution in [1.82, 2.24) is 24.5 Å². The first-order valence-corrected chi connectivity index (χ1v) is 6.52. The first-order chi connectivity index (χ1) is 9.93. The van der Waals surface area contributed by atoms with Crippen LogP contribution < -0.4 is 5.32 Å². The highest BCUT2D eigenvalue weighted by Crippen LogP contribution is 2.17. The number of aromatic nitrogens is 4. The highest BCUT2D eigenvalue weighted by Gasteiger charge is 2.22. The molecule has 112 valence electrons. The first-order valence-electron chi connectivity index (χ1n) is 6.52. The van der Waals surface area contributed by atoms with E-state index >= 15 is 0 Å². The summed E-state index contributed by atoms with van der Waals surface area (Å²) < 4.78 is 3.09. The summed E-state index contributed by atoms with van der Waals surface area (Å²) >= 11 is 0. The molecule has 0 saturated carbocycles. The molecule has 2 rings (SSSR count). The summed E-state index contributed by atoms with van der Waals surface area (Å²) in [5.74, 6) is -0.593. The summed E-state index contributed by atoms with van der Waals surface area (Å²) in [6.45, 7) is 2.41. The van der Waals surface area contributed by atoms with E-state index in [0.717, 1.165) is 0 Å². The lowest BCUT2D eigenvalue weighted by atomic mass is 10.3. The fraction of sp³-hybridized carbons (Fsp3) is 0.385. The summed E-state index contributed by atoms with van der Waals surface area (Å²) in [4.78, 5) is 25.8. The van der Waals surface area contributed by atoms with E-state index in [0.29, 0.717) is 17.9 Å². The zero-order valence-corrected chi connectivity index (χ0v) is 12.5. The molecule has 0 atom stereocenters. The number of carbonyl (C=O) groups is 2. The van der Waals surface area contributed by atoms with Gasteiger partial charge in [0, 0.05) is 33.9 Å². The van der Waals surface area contributed by atoms with Crippen LogP contribution in [0.2, 0.25) is 0 Å². The van der Waals surface area contributed by atoms with Crippen LogP contribution in [0.25, 0.3) is 0 Å². The molecule has 0 aliphatic carbocycles. The Morgan fingerprint density at radius 3 is 2.62 bits per heavy atom. The lowest BCUT2D eigenvalue weighted by Gasteiger charge is -2.13. The molecule has 0 aliphatic rings.